The lowest BCUT2D eigenvalue weighted by Gasteiger charge is -2.24. The van der Waals surface area contributed by atoms with Crippen LogP contribution < -0.4 is 10.6 Å². The van der Waals surface area contributed by atoms with Gasteiger partial charge in [0.2, 0.25) is 0 Å². The topological polar surface area (TPSA) is 70.6 Å². The summed E-state index contributed by atoms with van der Waals surface area (Å²) in [4.78, 5) is 12.0. The van der Waals surface area contributed by atoms with Gasteiger partial charge in [-0.1, -0.05) is 18.9 Å². The molecule has 0 radical (unpaired) electrons. The van der Waals surface area contributed by atoms with Gasteiger partial charge in [-0.3, -0.25) is 0 Å². The second kappa shape index (κ2) is 7.70. The molecule has 1 aliphatic rings. The van der Waals surface area contributed by atoms with Crippen LogP contribution in [0, 0.1) is 11.6 Å². The summed E-state index contributed by atoms with van der Waals surface area (Å²) in [5.41, 5.74) is -0.448. The van der Waals surface area contributed by atoms with E-state index in [4.69, 9.17) is 4.74 Å². The fraction of sp³-hybridized carbons (Fsp3) is 0.562. The normalized spacial score (nSPS) is 17.7. The van der Waals surface area contributed by atoms with Crippen LogP contribution in [0.25, 0.3) is 0 Å². The van der Waals surface area contributed by atoms with Gasteiger partial charge < -0.3 is 20.5 Å². The molecule has 1 fully saturated rings. The number of nitrogens with one attached hydrogen (secondary N) is 2. The number of ether oxygens (including phenoxy) is 1. The fourth-order valence-corrected chi connectivity index (χ4v) is 2.78. The van der Waals surface area contributed by atoms with Crippen LogP contribution >= 0.6 is 0 Å². The molecule has 1 aromatic rings. The predicted molar refractivity (Wildman–Crippen MR) is 80.9 cm³/mol. The van der Waals surface area contributed by atoms with Crippen molar-refractivity contribution in [3.8, 4) is 0 Å². The fourth-order valence-electron chi connectivity index (χ4n) is 2.78. The molecule has 1 aliphatic carbocycles. The minimum Gasteiger partial charge on any atom is -0.388 e. The third-order valence-electron chi connectivity index (χ3n) is 4.10. The Morgan fingerprint density at radius 3 is 2.65 bits per heavy atom. The molecule has 1 atom stereocenters. The highest BCUT2D eigenvalue weighted by molar-refractivity contribution is 5.74. The Hall–Kier alpha value is -1.73. The monoisotopic (exact) mass is 328 g/mol. The molecule has 2 amide bonds. The average molecular weight is 328 g/mol. The van der Waals surface area contributed by atoms with Gasteiger partial charge in [-0.2, -0.15) is 0 Å². The second-order valence-corrected chi connectivity index (χ2v) is 5.94. The van der Waals surface area contributed by atoms with E-state index in [9.17, 15) is 18.7 Å². The first-order valence-corrected chi connectivity index (χ1v) is 7.64. The first kappa shape index (κ1) is 17.6. The number of rotatable bonds is 6. The van der Waals surface area contributed by atoms with E-state index in [0.29, 0.717) is 18.4 Å². The maximum absolute atomic E-state index is 13.3. The summed E-state index contributed by atoms with van der Waals surface area (Å²) in [5.74, 6) is -1.93. The number of hydrogen-bond acceptors (Lipinski definition) is 3. The van der Waals surface area contributed by atoms with Gasteiger partial charge in [-0.25, -0.2) is 13.6 Å². The molecule has 0 aliphatic heterocycles. The number of amides is 2. The van der Waals surface area contributed by atoms with Crippen molar-refractivity contribution in [3.63, 3.8) is 0 Å². The number of hydrogen-bond donors (Lipinski definition) is 3. The largest absolute Gasteiger partial charge is 0.388 e. The minimum atomic E-state index is -0.980. The van der Waals surface area contributed by atoms with Crippen molar-refractivity contribution < 1.29 is 23.4 Å². The molecule has 0 aromatic heterocycles. The zero-order valence-electron chi connectivity index (χ0n) is 13.1. The second-order valence-electron chi connectivity index (χ2n) is 5.94. The molecule has 1 aromatic carbocycles. The van der Waals surface area contributed by atoms with Crippen LogP contribution in [0.1, 0.15) is 37.3 Å². The van der Waals surface area contributed by atoms with E-state index in [-0.39, 0.29) is 13.2 Å². The van der Waals surface area contributed by atoms with Gasteiger partial charge in [0.1, 0.15) is 0 Å². The molecular formula is C16H22F2N2O3. The molecule has 0 spiro atoms. The van der Waals surface area contributed by atoms with E-state index in [0.717, 1.165) is 25.0 Å². The zero-order chi connectivity index (χ0) is 16.9. The van der Waals surface area contributed by atoms with Gasteiger partial charge in [-0.15, -0.1) is 0 Å². The van der Waals surface area contributed by atoms with Crippen molar-refractivity contribution >= 4 is 6.03 Å². The van der Waals surface area contributed by atoms with E-state index >= 15 is 0 Å². The number of carbonyl (C=O) groups excluding carboxylic acids is 1. The first-order valence-electron chi connectivity index (χ1n) is 7.64. The molecule has 7 heteroatoms. The van der Waals surface area contributed by atoms with Gasteiger partial charge in [0, 0.05) is 13.7 Å². The molecule has 1 unspecified atom stereocenters. The van der Waals surface area contributed by atoms with Crippen molar-refractivity contribution in [1.82, 2.24) is 10.6 Å². The van der Waals surface area contributed by atoms with Gasteiger partial charge in [0.05, 0.1) is 18.2 Å². The van der Waals surface area contributed by atoms with Crippen LogP contribution in [0.15, 0.2) is 18.2 Å². The van der Waals surface area contributed by atoms with Crippen LogP contribution in [0.4, 0.5) is 13.6 Å². The highest BCUT2D eigenvalue weighted by Crippen LogP contribution is 2.28. The lowest BCUT2D eigenvalue weighted by molar-refractivity contribution is 0.0498. The van der Waals surface area contributed by atoms with Crippen LogP contribution in [-0.4, -0.2) is 37.0 Å². The van der Waals surface area contributed by atoms with Gasteiger partial charge >= 0.3 is 6.03 Å². The Morgan fingerprint density at radius 2 is 2.04 bits per heavy atom. The van der Waals surface area contributed by atoms with Crippen molar-refractivity contribution in [3.05, 3.63) is 35.4 Å². The molecule has 0 saturated heterocycles. The molecule has 23 heavy (non-hydrogen) atoms. The Labute approximate surface area is 134 Å². The van der Waals surface area contributed by atoms with Gasteiger partial charge in [0.15, 0.2) is 11.6 Å². The lowest BCUT2D eigenvalue weighted by Crippen LogP contribution is -2.46. The average Bonchev–Trinajstić information content (AvgIpc) is 2.95. The Kier molecular flexibility index (Phi) is 5.90. The van der Waals surface area contributed by atoms with E-state index in [1.54, 1.807) is 0 Å². The summed E-state index contributed by atoms with van der Waals surface area (Å²) in [5, 5.41) is 15.5. The Bertz CT molecular complexity index is 548. The summed E-state index contributed by atoms with van der Waals surface area (Å²) in [6.45, 7) is 0.277. The highest BCUT2D eigenvalue weighted by Gasteiger charge is 2.31. The van der Waals surface area contributed by atoms with Crippen LogP contribution in [0.2, 0.25) is 0 Å². The summed E-state index contributed by atoms with van der Waals surface area (Å²) in [6.07, 6.45) is 3.22. The highest BCUT2D eigenvalue weighted by atomic mass is 19.2. The number of benzene rings is 1. The molecular weight excluding hydrogens is 306 g/mol. The number of halogens is 2. The van der Waals surface area contributed by atoms with Crippen LogP contribution in [0.3, 0.4) is 0 Å². The maximum atomic E-state index is 13.3. The SMILES string of the molecule is COCC(NC(=O)NCC1(O)CCCC1)c1ccc(F)c(F)c1. The van der Waals surface area contributed by atoms with E-state index in [1.807, 2.05) is 0 Å². The first-order chi connectivity index (χ1) is 10.9. The van der Waals surface area contributed by atoms with E-state index < -0.39 is 29.3 Å². The maximum Gasteiger partial charge on any atom is 0.315 e. The third kappa shape index (κ3) is 4.87. The zero-order valence-corrected chi connectivity index (χ0v) is 13.1. The van der Waals surface area contributed by atoms with E-state index in [2.05, 4.69) is 10.6 Å². The third-order valence-corrected chi connectivity index (χ3v) is 4.10. The standard InChI is InChI=1S/C16H22F2N2O3/c1-23-9-14(11-4-5-12(17)13(18)8-11)20-15(21)19-10-16(22)6-2-3-7-16/h4-5,8,14,22H,2-3,6-7,9-10H2,1H3,(H2,19,20,21). The number of aliphatic hydroxyl groups is 1. The van der Waals surface area contributed by atoms with Crippen molar-refractivity contribution in [1.29, 1.82) is 0 Å². The summed E-state index contributed by atoms with van der Waals surface area (Å²) in [7, 11) is 1.45. The molecule has 5 nitrogen and oxygen atoms in total. The summed E-state index contributed by atoms with van der Waals surface area (Å²) < 4.78 is 31.4. The van der Waals surface area contributed by atoms with Crippen LogP contribution in [-0.2, 0) is 4.74 Å². The number of urea groups is 1. The molecule has 0 heterocycles. The lowest BCUT2D eigenvalue weighted by atomic mass is 10.0. The van der Waals surface area contributed by atoms with Gasteiger partial charge in [-0.05, 0) is 30.5 Å². The Morgan fingerprint density at radius 1 is 1.35 bits per heavy atom. The number of carbonyl (C=O) groups is 1. The molecule has 128 valence electrons. The molecule has 1 saturated carbocycles. The minimum absolute atomic E-state index is 0.114. The summed E-state index contributed by atoms with van der Waals surface area (Å²) >= 11 is 0. The Balaban J connectivity index is 1.95. The van der Waals surface area contributed by atoms with E-state index in [1.165, 1.54) is 13.2 Å². The van der Waals surface area contributed by atoms with Crippen molar-refractivity contribution in [2.75, 3.05) is 20.3 Å². The molecule has 3 N–H and O–H groups in total. The predicted octanol–water partition coefficient (Wildman–Crippen LogP) is 2.26. The quantitative estimate of drug-likeness (QED) is 0.750. The van der Waals surface area contributed by atoms with Crippen molar-refractivity contribution in [2.24, 2.45) is 0 Å². The van der Waals surface area contributed by atoms with Crippen LogP contribution in [0.5, 0.6) is 0 Å². The molecule has 0 bridgehead atoms. The number of methoxy groups -OCH3 is 1. The van der Waals surface area contributed by atoms with Gasteiger partial charge in [0.25, 0.3) is 0 Å². The van der Waals surface area contributed by atoms with Crippen molar-refractivity contribution in [2.45, 2.75) is 37.3 Å². The smallest absolute Gasteiger partial charge is 0.315 e. The summed E-state index contributed by atoms with van der Waals surface area (Å²) in [6, 6.07) is 2.33. The molecule has 2 rings (SSSR count).